The van der Waals surface area contributed by atoms with Gasteiger partial charge in [0.25, 0.3) is 0 Å². The summed E-state index contributed by atoms with van der Waals surface area (Å²) in [5.74, 6) is 0.424. The topological polar surface area (TPSA) is 58.4 Å². The molecule has 1 aliphatic rings. The average molecular weight is 343 g/mol. The molecule has 0 bridgehead atoms. The van der Waals surface area contributed by atoms with Gasteiger partial charge in [0.1, 0.15) is 4.90 Å². The first-order valence-electron chi connectivity index (χ1n) is 8.35. The van der Waals surface area contributed by atoms with Crippen molar-refractivity contribution in [3.05, 3.63) is 11.4 Å². The monoisotopic (exact) mass is 342 g/mol. The van der Waals surface area contributed by atoms with Crippen LogP contribution in [0.3, 0.4) is 0 Å². The fraction of sp³-hybridized carbons (Fsp3) is 0.812. The van der Waals surface area contributed by atoms with Crippen molar-refractivity contribution in [1.29, 1.82) is 0 Å². The van der Waals surface area contributed by atoms with Crippen molar-refractivity contribution in [1.82, 2.24) is 19.0 Å². The Hall–Kier alpha value is -0.920. The molecule has 0 radical (unpaired) electrons. The second-order valence-electron chi connectivity index (χ2n) is 7.16. The van der Waals surface area contributed by atoms with Crippen molar-refractivity contribution >= 4 is 10.0 Å². The lowest BCUT2D eigenvalue weighted by Gasteiger charge is -2.35. The van der Waals surface area contributed by atoms with E-state index in [1.165, 1.54) is 0 Å². The van der Waals surface area contributed by atoms with Crippen LogP contribution in [0.4, 0.5) is 0 Å². The van der Waals surface area contributed by atoms with Crippen LogP contribution in [0.1, 0.15) is 38.1 Å². The number of aromatic nitrogens is 2. The van der Waals surface area contributed by atoms with Crippen molar-refractivity contribution in [3.8, 4) is 0 Å². The Bertz CT molecular complexity index is 651. The molecular formula is C16H30N4O2S. The number of rotatable bonds is 5. The zero-order chi connectivity index (χ0) is 17.4. The molecular weight excluding hydrogens is 312 g/mol. The van der Waals surface area contributed by atoms with Crippen LogP contribution in [0.2, 0.25) is 0 Å². The summed E-state index contributed by atoms with van der Waals surface area (Å²) in [6.45, 7) is 10.4. The van der Waals surface area contributed by atoms with Crippen molar-refractivity contribution in [2.75, 3.05) is 27.2 Å². The van der Waals surface area contributed by atoms with Gasteiger partial charge in [0.05, 0.1) is 11.4 Å². The van der Waals surface area contributed by atoms with Crippen LogP contribution in [0.5, 0.6) is 0 Å². The number of nitrogens with zero attached hydrogens (tertiary/aromatic N) is 4. The number of sulfonamides is 1. The third kappa shape index (κ3) is 3.78. The van der Waals surface area contributed by atoms with Gasteiger partial charge in [-0.05, 0) is 46.2 Å². The molecule has 0 saturated carbocycles. The SMILES string of the molecule is Cc1nn(CC(C)C)c(C)c1S(=O)(=O)N(C)[C@@H]1CCCN(C)C1. The number of aryl methyl sites for hydroxylation is 1. The van der Waals surface area contributed by atoms with E-state index in [9.17, 15) is 8.42 Å². The second kappa shape index (κ2) is 6.91. The van der Waals surface area contributed by atoms with E-state index in [2.05, 4.69) is 23.8 Å². The van der Waals surface area contributed by atoms with Gasteiger partial charge in [0.15, 0.2) is 0 Å². The molecule has 0 N–H and O–H groups in total. The molecule has 1 aliphatic heterocycles. The van der Waals surface area contributed by atoms with E-state index in [0.717, 1.165) is 38.2 Å². The normalized spacial score (nSPS) is 20.6. The molecule has 0 aromatic carbocycles. The number of piperidine rings is 1. The maximum absolute atomic E-state index is 13.1. The molecule has 6 nitrogen and oxygen atoms in total. The molecule has 0 unspecified atom stereocenters. The van der Waals surface area contributed by atoms with Crippen LogP contribution in [0.25, 0.3) is 0 Å². The Kier molecular flexibility index (Phi) is 5.53. The van der Waals surface area contributed by atoms with Crippen molar-refractivity contribution < 1.29 is 8.42 Å². The quantitative estimate of drug-likeness (QED) is 0.820. The highest BCUT2D eigenvalue weighted by Crippen LogP contribution is 2.26. The minimum Gasteiger partial charge on any atom is -0.305 e. The van der Waals surface area contributed by atoms with E-state index < -0.39 is 10.0 Å². The van der Waals surface area contributed by atoms with Gasteiger partial charge in [-0.3, -0.25) is 4.68 Å². The lowest BCUT2D eigenvalue weighted by Crippen LogP contribution is -2.47. The molecule has 132 valence electrons. The fourth-order valence-electron chi connectivity index (χ4n) is 3.35. The molecule has 0 amide bonds. The van der Waals surface area contributed by atoms with E-state index in [4.69, 9.17) is 0 Å². The highest BCUT2D eigenvalue weighted by molar-refractivity contribution is 7.89. The highest BCUT2D eigenvalue weighted by atomic mass is 32.2. The summed E-state index contributed by atoms with van der Waals surface area (Å²) in [4.78, 5) is 2.58. The molecule has 1 aromatic heterocycles. The number of hydrogen-bond donors (Lipinski definition) is 0. The first-order chi connectivity index (χ1) is 10.6. The maximum Gasteiger partial charge on any atom is 0.246 e. The summed E-state index contributed by atoms with van der Waals surface area (Å²) < 4.78 is 29.6. The van der Waals surface area contributed by atoms with Gasteiger partial charge >= 0.3 is 0 Å². The number of hydrogen-bond acceptors (Lipinski definition) is 4. The minimum absolute atomic E-state index is 0.0333. The standard InChI is InChI=1S/C16H30N4O2S/c1-12(2)10-20-14(4)16(13(3)17-20)23(21,22)19(6)15-8-7-9-18(5)11-15/h12,15H,7-11H2,1-6H3/t15-/m1/s1. The largest absolute Gasteiger partial charge is 0.305 e. The van der Waals surface area contributed by atoms with Crippen LogP contribution in [0, 0.1) is 19.8 Å². The van der Waals surface area contributed by atoms with E-state index in [-0.39, 0.29) is 6.04 Å². The lowest BCUT2D eigenvalue weighted by atomic mass is 10.1. The molecule has 1 fully saturated rings. The number of likely N-dealkylation sites (tertiary alicyclic amines) is 1. The summed E-state index contributed by atoms with van der Waals surface area (Å²) in [5, 5.41) is 4.46. The molecule has 2 rings (SSSR count). The van der Waals surface area contributed by atoms with Crippen molar-refractivity contribution in [3.63, 3.8) is 0 Å². The maximum atomic E-state index is 13.1. The van der Waals surface area contributed by atoms with Gasteiger partial charge in [-0.25, -0.2) is 8.42 Å². The van der Waals surface area contributed by atoms with Gasteiger partial charge in [0.2, 0.25) is 10.0 Å². The van der Waals surface area contributed by atoms with Gasteiger partial charge in [0, 0.05) is 26.2 Å². The number of likely N-dealkylation sites (N-methyl/N-ethyl adjacent to an activating group) is 2. The molecule has 7 heteroatoms. The predicted octanol–water partition coefficient (Wildman–Crippen LogP) is 1.87. The van der Waals surface area contributed by atoms with E-state index in [1.54, 1.807) is 18.3 Å². The summed E-state index contributed by atoms with van der Waals surface area (Å²) >= 11 is 0. The van der Waals surface area contributed by atoms with E-state index in [0.29, 0.717) is 16.5 Å². The highest BCUT2D eigenvalue weighted by Gasteiger charge is 2.34. The first-order valence-corrected chi connectivity index (χ1v) is 9.79. The third-order valence-electron chi connectivity index (χ3n) is 4.60. The molecule has 0 aliphatic carbocycles. The Morgan fingerprint density at radius 2 is 2.00 bits per heavy atom. The van der Waals surface area contributed by atoms with Gasteiger partial charge in [-0.1, -0.05) is 13.8 Å². The van der Waals surface area contributed by atoms with Crippen LogP contribution in [0.15, 0.2) is 4.90 Å². The van der Waals surface area contributed by atoms with Crippen molar-refractivity contribution in [2.24, 2.45) is 5.92 Å². The zero-order valence-corrected chi connectivity index (χ0v) is 16.0. The zero-order valence-electron chi connectivity index (χ0n) is 15.2. The Balaban J connectivity index is 2.34. The smallest absolute Gasteiger partial charge is 0.246 e. The summed E-state index contributed by atoms with van der Waals surface area (Å²) in [7, 11) is 0.237. The minimum atomic E-state index is -3.52. The van der Waals surface area contributed by atoms with Crippen LogP contribution in [-0.4, -0.2) is 60.6 Å². The van der Waals surface area contributed by atoms with Crippen LogP contribution >= 0.6 is 0 Å². The van der Waals surface area contributed by atoms with Crippen LogP contribution < -0.4 is 0 Å². The molecule has 0 spiro atoms. The molecule has 2 heterocycles. The Morgan fingerprint density at radius 1 is 1.35 bits per heavy atom. The first kappa shape index (κ1) is 18.4. The van der Waals surface area contributed by atoms with E-state index >= 15 is 0 Å². The van der Waals surface area contributed by atoms with Gasteiger partial charge in [-0.15, -0.1) is 0 Å². The van der Waals surface area contributed by atoms with Gasteiger partial charge < -0.3 is 4.90 Å². The lowest BCUT2D eigenvalue weighted by molar-refractivity contribution is 0.187. The summed E-state index contributed by atoms with van der Waals surface area (Å²) in [6, 6.07) is 0.0333. The summed E-state index contributed by atoms with van der Waals surface area (Å²) in [6.07, 6.45) is 1.95. The molecule has 1 saturated heterocycles. The predicted molar refractivity (Wildman–Crippen MR) is 92.0 cm³/mol. The third-order valence-corrected chi connectivity index (χ3v) is 6.77. The average Bonchev–Trinajstić information content (AvgIpc) is 2.72. The van der Waals surface area contributed by atoms with E-state index in [1.807, 2.05) is 18.7 Å². The summed E-state index contributed by atoms with van der Waals surface area (Å²) in [5.41, 5.74) is 1.34. The van der Waals surface area contributed by atoms with Crippen molar-refractivity contribution in [2.45, 2.75) is 58.0 Å². The molecule has 1 atom stereocenters. The fourth-order valence-corrected chi connectivity index (χ4v) is 5.10. The van der Waals surface area contributed by atoms with Crippen LogP contribution in [-0.2, 0) is 16.6 Å². The molecule has 23 heavy (non-hydrogen) atoms. The second-order valence-corrected chi connectivity index (χ2v) is 9.09. The van der Waals surface area contributed by atoms with Gasteiger partial charge in [-0.2, -0.15) is 9.40 Å². The Morgan fingerprint density at radius 3 is 2.57 bits per heavy atom. The molecule has 1 aromatic rings. The Labute approximate surface area is 140 Å².